The van der Waals surface area contributed by atoms with E-state index < -0.39 is 0 Å². The zero-order valence-corrected chi connectivity index (χ0v) is 11.3. The van der Waals surface area contributed by atoms with E-state index in [-0.39, 0.29) is 5.91 Å². The molecule has 2 aliphatic heterocycles. The molecule has 2 heterocycles. The molecular weight excluding hydrogens is 212 g/mol. The summed E-state index contributed by atoms with van der Waals surface area (Å²) < 4.78 is 0. The summed E-state index contributed by atoms with van der Waals surface area (Å²) in [4.78, 5) is 16.0. The first-order chi connectivity index (χ1) is 8.15. The molecular formula is C14H26N2O. The third-order valence-electron chi connectivity index (χ3n) is 4.36. The van der Waals surface area contributed by atoms with Crippen LogP contribution >= 0.6 is 0 Å². The Kier molecular flexibility index (Phi) is 4.43. The van der Waals surface area contributed by atoms with E-state index in [2.05, 4.69) is 11.8 Å². The van der Waals surface area contributed by atoms with Crippen molar-refractivity contribution in [3.8, 4) is 0 Å². The molecule has 0 radical (unpaired) electrons. The van der Waals surface area contributed by atoms with Gasteiger partial charge in [-0.3, -0.25) is 4.79 Å². The second-order valence-electron chi connectivity index (χ2n) is 5.96. The number of nitrogens with zero attached hydrogens (tertiary/aromatic N) is 2. The van der Waals surface area contributed by atoms with Crippen LogP contribution in [0.25, 0.3) is 0 Å². The van der Waals surface area contributed by atoms with Gasteiger partial charge in [-0.05, 0) is 50.6 Å². The highest BCUT2D eigenvalue weighted by molar-refractivity contribution is 5.73. The van der Waals surface area contributed by atoms with E-state index in [0.717, 1.165) is 19.0 Å². The summed E-state index contributed by atoms with van der Waals surface area (Å²) >= 11 is 0. The van der Waals surface area contributed by atoms with Crippen molar-refractivity contribution in [1.82, 2.24) is 9.80 Å². The lowest BCUT2D eigenvalue weighted by Crippen LogP contribution is -2.44. The Morgan fingerprint density at radius 3 is 2.53 bits per heavy atom. The molecule has 2 aliphatic rings. The highest BCUT2D eigenvalue weighted by atomic mass is 16.2. The number of piperidine rings is 2. The molecule has 0 aromatic carbocycles. The van der Waals surface area contributed by atoms with Crippen molar-refractivity contribution < 1.29 is 4.79 Å². The molecule has 3 nitrogen and oxygen atoms in total. The van der Waals surface area contributed by atoms with Crippen LogP contribution in [0.1, 0.15) is 39.5 Å². The van der Waals surface area contributed by atoms with Crippen LogP contribution in [-0.4, -0.2) is 48.4 Å². The number of amides is 1. The fourth-order valence-corrected chi connectivity index (χ4v) is 3.11. The minimum atomic E-state index is 0.252. The molecule has 0 aromatic rings. The molecule has 0 spiro atoms. The second kappa shape index (κ2) is 5.85. The van der Waals surface area contributed by atoms with Gasteiger partial charge in [0.1, 0.15) is 0 Å². The summed E-state index contributed by atoms with van der Waals surface area (Å²) in [6.45, 7) is 9.75. The fourth-order valence-electron chi connectivity index (χ4n) is 3.11. The van der Waals surface area contributed by atoms with E-state index in [1.807, 2.05) is 4.90 Å². The first-order valence-electron chi connectivity index (χ1n) is 7.13. The van der Waals surface area contributed by atoms with Crippen LogP contribution in [0.4, 0.5) is 0 Å². The zero-order valence-electron chi connectivity index (χ0n) is 11.3. The lowest BCUT2D eigenvalue weighted by molar-refractivity contribution is -0.130. The highest BCUT2D eigenvalue weighted by Crippen LogP contribution is 2.21. The van der Waals surface area contributed by atoms with Crippen molar-refractivity contribution in [3.05, 3.63) is 0 Å². The van der Waals surface area contributed by atoms with Gasteiger partial charge in [0.2, 0.25) is 5.91 Å². The lowest BCUT2D eigenvalue weighted by Gasteiger charge is -2.37. The Labute approximate surface area is 105 Å². The van der Waals surface area contributed by atoms with Crippen molar-refractivity contribution >= 4 is 5.91 Å². The van der Waals surface area contributed by atoms with Gasteiger partial charge >= 0.3 is 0 Å². The van der Waals surface area contributed by atoms with Crippen LogP contribution in [-0.2, 0) is 4.79 Å². The van der Waals surface area contributed by atoms with Crippen LogP contribution < -0.4 is 0 Å². The summed E-state index contributed by atoms with van der Waals surface area (Å²) in [5.41, 5.74) is 0. The van der Waals surface area contributed by atoms with E-state index in [9.17, 15) is 4.79 Å². The molecule has 2 rings (SSSR count). The van der Waals surface area contributed by atoms with Gasteiger partial charge in [-0.2, -0.15) is 0 Å². The summed E-state index contributed by atoms with van der Waals surface area (Å²) in [5, 5.41) is 0. The van der Waals surface area contributed by atoms with Crippen LogP contribution in [0.2, 0.25) is 0 Å². The van der Waals surface area contributed by atoms with Gasteiger partial charge in [0.25, 0.3) is 0 Å². The molecule has 0 N–H and O–H groups in total. The molecule has 0 saturated carbocycles. The van der Waals surface area contributed by atoms with Gasteiger partial charge in [-0.25, -0.2) is 0 Å². The van der Waals surface area contributed by atoms with E-state index >= 15 is 0 Å². The summed E-state index contributed by atoms with van der Waals surface area (Å²) in [5.74, 6) is 1.87. The predicted octanol–water partition coefficient (Wildman–Crippen LogP) is 1.98. The molecule has 1 atom stereocenters. The van der Waals surface area contributed by atoms with Gasteiger partial charge in [0.05, 0.1) is 0 Å². The SMILES string of the molecule is CC(=O)N1CCCC(CN2CCC(C)CC2)C1. The van der Waals surface area contributed by atoms with E-state index in [1.165, 1.54) is 45.3 Å². The van der Waals surface area contributed by atoms with Crippen molar-refractivity contribution in [2.24, 2.45) is 11.8 Å². The van der Waals surface area contributed by atoms with Crippen LogP contribution in [0, 0.1) is 11.8 Å². The minimum Gasteiger partial charge on any atom is -0.343 e. The molecule has 0 aliphatic carbocycles. The largest absolute Gasteiger partial charge is 0.343 e. The van der Waals surface area contributed by atoms with Crippen LogP contribution in [0.3, 0.4) is 0 Å². The van der Waals surface area contributed by atoms with Crippen molar-refractivity contribution in [2.75, 3.05) is 32.7 Å². The van der Waals surface area contributed by atoms with Gasteiger partial charge < -0.3 is 9.80 Å². The molecule has 2 saturated heterocycles. The van der Waals surface area contributed by atoms with Gasteiger partial charge in [0, 0.05) is 26.6 Å². The second-order valence-corrected chi connectivity index (χ2v) is 5.96. The normalized spacial score (nSPS) is 28.4. The number of carbonyl (C=O) groups is 1. The van der Waals surface area contributed by atoms with Crippen molar-refractivity contribution in [2.45, 2.75) is 39.5 Å². The Bertz CT molecular complexity index is 259. The maximum Gasteiger partial charge on any atom is 0.219 e. The molecule has 1 unspecified atom stereocenters. The monoisotopic (exact) mass is 238 g/mol. The van der Waals surface area contributed by atoms with Gasteiger partial charge in [0.15, 0.2) is 0 Å². The highest BCUT2D eigenvalue weighted by Gasteiger charge is 2.24. The summed E-state index contributed by atoms with van der Waals surface area (Å²) in [6, 6.07) is 0. The molecule has 0 bridgehead atoms. The fraction of sp³-hybridized carbons (Fsp3) is 0.929. The third kappa shape index (κ3) is 3.70. The Morgan fingerprint density at radius 2 is 1.88 bits per heavy atom. The number of carbonyl (C=O) groups excluding carboxylic acids is 1. The Hall–Kier alpha value is -0.570. The van der Waals surface area contributed by atoms with Crippen LogP contribution in [0.5, 0.6) is 0 Å². The van der Waals surface area contributed by atoms with Crippen LogP contribution in [0.15, 0.2) is 0 Å². The molecule has 2 fully saturated rings. The van der Waals surface area contributed by atoms with Crippen molar-refractivity contribution in [1.29, 1.82) is 0 Å². The maximum absolute atomic E-state index is 11.4. The Balaban J connectivity index is 1.76. The zero-order chi connectivity index (χ0) is 12.3. The Morgan fingerprint density at radius 1 is 1.18 bits per heavy atom. The smallest absolute Gasteiger partial charge is 0.219 e. The predicted molar refractivity (Wildman–Crippen MR) is 69.8 cm³/mol. The number of hydrogen-bond acceptors (Lipinski definition) is 2. The first kappa shape index (κ1) is 12.9. The minimum absolute atomic E-state index is 0.252. The molecule has 1 amide bonds. The summed E-state index contributed by atoms with van der Waals surface area (Å²) in [6.07, 6.45) is 5.19. The molecule has 3 heteroatoms. The van der Waals surface area contributed by atoms with Crippen molar-refractivity contribution in [3.63, 3.8) is 0 Å². The number of rotatable bonds is 2. The molecule has 17 heavy (non-hydrogen) atoms. The average Bonchev–Trinajstić information content (AvgIpc) is 2.32. The number of hydrogen-bond donors (Lipinski definition) is 0. The summed E-state index contributed by atoms with van der Waals surface area (Å²) in [7, 11) is 0. The maximum atomic E-state index is 11.4. The standard InChI is InChI=1S/C14H26N2O/c1-12-5-8-15(9-6-12)10-14-4-3-7-16(11-14)13(2)17/h12,14H,3-11H2,1-2H3. The van der Waals surface area contributed by atoms with E-state index in [0.29, 0.717) is 5.92 Å². The number of likely N-dealkylation sites (tertiary alicyclic amines) is 2. The molecule has 98 valence electrons. The quantitative estimate of drug-likeness (QED) is 0.734. The topological polar surface area (TPSA) is 23.6 Å². The van der Waals surface area contributed by atoms with E-state index in [4.69, 9.17) is 0 Å². The molecule has 0 aromatic heterocycles. The van der Waals surface area contributed by atoms with Gasteiger partial charge in [-0.15, -0.1) is 0 Å². The van der Waals surface area contributed by atoms with E-state index in [1.54, 1.807) is 6.92 Å². The van der Waals surface area contributed by atoms with Gasteiger partial charge in [-0.1, -0.05) is 6.92 Å². The first-order valence-corrected chi connectivity index (χ1v) is 7.13. The lowest BCUT2D eigenvalue weighted by atomic mass is 9.94. The average molecular weight is 238 g/mol. The third-order valence-corrected chi connectivity index (χ3v) is 4.36.